The minimum Gasteiger partial charge on any atom is -0.384 e. The number of ether oxygens (including phenoxy) is 2. The molecule has 0 bridgehead atoms. The van der Waals surface area contributed by atoms with Crippen molar-refractivity contribution in [1.82, 2.24) is 0 Å². The Balaban J connectivity index is 2.05. The van der Waals surface area contributed by atoms with Crippen molar-refractivity contribution in [2.75, 3.05) is 26.9 Å². The van der Waals surface area contributed by atoms with Crippen molar-refractivity contribution in [2.45, 2.75) is 12.0 Å². The van der Waals surface area contributed by atoms with E-state index in [1.807, 2.05) is 30.3 Å². The summed E-state index contributed by atoms with van der Waals surface area (Å²) in [5.74, 6) is 0.550. The lowest BCUT2D eigenvalue weighted by atomic mass is 10.0. The molecule has 0 amide bonds. The zero-order valence-corrected chi connectivity index (χ0v) is 10.1. The number of methoxy groups -OCH3 is 1. The first-order valence-electron chi connectivity index (χ1n) is 5.74. The molecule has 0 radical (unpaired) electrons. The highest BCUT2D eigenvalue weighted by molar-refractivity contribution is 5.97. The number of aliphatic imine (C=N–C) groups is 1. The van der Waals surface area contributed by atoms with Crippen LogP contribution in [0.25, 0.3) is 0 Å². The zero-order valence-electron chi connectivity index (χ0n) is 10.1. The molecule has 92 valence electrons. The smallest absolute Gasteiger partial charge is 0.125 e. The van der Waals surface area contributed by atoms with Crippen molar-refractivity contribution in [3.8, 4) is 0 Å². The Morgan fingerprint density at radius 3 is 2.82 bits per heavy atom. The van der Waals surface area contributed by atoms with E-state index in [1.165, 1.54) is 0 Å². The standard InChI is InChI=1S/C13H18N2O2/c1-16-13(7-8-17-10-13)9-15-12(14)11-5-3-2-4-6-11/h2-6H,7-10H2,1H3,(H2,14,15). The second-order valence-electron chi connectivity index (χ2n) is 4.26. The normalized spacial score (nSPS) is 25.1. The highest BCUT2D eigenvalue weighted by Crippen LogP contribution is 2.22. The molecule has 0 saturated carbocycles. The summed E-state index contributed by atoms with van der Waals surface area (Å²) in [6, 6.07) is 9.75. The lowest BCUT2D eigenvalue weighted by Crippen LogP contribution is -2.36. The van der Waals surface area contributed by atoms with Crippen molar-refractivity contribution in [3.63, 3.8) is 0 Å². The second kappa shape index (κ2) is 5.29. The van der Waals surface area contributed by atoms with Crippen LogP contribution in [0.15, 0.2) is 35.3 Å². The number of benzene rings is 1. The van der Waals surface area contributed by atoms with Crippen molar-refractivity contribution < 1.29 is 9.47 Å². The van der Waals surface area contributed by atoms with E-state index in [0.717, 1.165) is 18.6 Å². The molecule has 1 fully saturated rings. The Morgan fingerprint density at radius 1 is 1.47 bits per heavy atom. The van der Waals surface area contributed by atoms with Crippen LogP contribution in [0, 0.1) is 0 Å². The molecule has 0 spiro atoms. The topological polar surface area (TPSA) is 56.8 Å². The van der Waals surface area contributed by atoms with E-state index >= 15 is 0 Å². The van der Waals surface area contributed by atoms with Crippen LogP contribution in [-0.4, -0.2) is 38.3 Å². The van der Waals surface area contributed by atoms with Crippen LogP contribution in [0.4, 0.5) is 0 Å². The number of hydrogen-bond acceptors (Lipinski definition) is 3. The van der Waals surface area contributed by atoms with Gasteiger partial charge in [-0.15, -0.1) is 0 Å². The molecule has 1 aliphatic heterocycles. The summed E-state index contributed by atoms with van der Waals surface area (Å²) in [4.78, 5) is 4.41. The number of hydrogen-bond donors (Lipinski definition) is 1. The van der Waals surface area contributed by atoms with Gasteiger partial charge < -0.3 is 15.2 Å². The van der Waals surface area contributed by atoms with E-state index in [9.17, 15) is 0 Å². The lowest BCUT2D eigenvalue weighted by molar-refractivity contribution is -0.00899. The van der Waals surface area contributed by atoms with Gasteiger partial charge in [0.1, 0.15) is 11.4 Å². The molecule has 1 saturated heterocycles. The Bertz CT molecular complexity index is 384. The summed E-state index contributed by atoms with van der Waals surface area (Å²) < 4.78 is 10.9. The van der Waals surface area contributed by atoms with Crippen molar-refractivity contribution in [1.29, 1.82) is 0 Å². The summed E-state index contributed by atoms with van der Waals surface area (Å²) in [5, 5.41) is 0. The third-order valence-corrected chi connectivity index (χ3v) is 3.11. The summed E-state index contributed by atoms with van der Waals surface area (Å²) in [7, 11) is 1.70. The maximum atomic E-state index is 5.94. The molecular formula is C13H18N2O2. The van der Waals surface area contributed by atoms with E-state index in [1.54, 1.807) is 7.11 Å². The molecule has 0 aliphatic carbocycles. The summed E-state index contributed by atoms with van der Waals surface area (Å²) in [5.41, 5.74) is 6.59. The van der Waals surface area contributed by atoms with Crippen LogP contribution < -0.4 is 5.73 Å². The third kappa shape index (κ3) is 2.84. The highest BCUT2D eigenvalue weighted by Gasteiger charge is 2.34. The minimum atomic E-state index is -0.292. The fourth-order valence-electron chi connectivity index (χ4n) is 1.87. The molecule has 1 aromatic rings. The first-order chi connectivity index (χ1) is 8.26. The van der Waals surface area contributed by atoms with Crippen molar-refractivity contribution in [3.05, 3.63) is 35.9 Å². The molecule has 1 unspecified atom stereocenters. The van der Waals surface area contributed by atoms with E-state index in [2.05, 4.69) is 4.99 Å². The molecule has 1 atom stereocenters. The molecule has 4 heteroatoms. The molecule has 0 aromatic heterocycles. The van der Waals surface area contributed by atoms with Crippen LogP contribution in [0.1, 0.15) is 12.0 Å². The Labute approximate surface area is 101 Å². The van der Waals surface area contributed by atoms with E-state index in [4.69, 9.17) is 15.2 Å². The highest BCUT2D eigenvalue weighted by atomic mass is 16.5. The van der Waals surface area contributed by atoms with Crippen LogP contribution in [0.2, 0.25) is 0 Å². The molecule has 1 aromatic carbocycles. The Morgan fingerprint density at radius 2 is 2.24 bits per heavy atom. The van der Waals surface area contributed by atoms with Gasteiger partial charge in [-0.05, 0) is 0 Å². The van der Waals surface area contributed by atoms with Gasteiger partial charge in [-0.1, -0.05) is 30.3 Å². The predicted molar refractivity (Wildman–Crippen MR) is 67.2 cm³/mol. The lowest BCUT2D eigenvalue weighted by Gasteiger charge is -2.23. The fourth-order valence-corrected chi connectivity index (χ4v) is 1.87. The maximum absolute atomic E-state index is 5.94. The summed E-state index contributed by atoms with van der Waals surface area (Å²) >= 11 is 0. The van der Waals surface area contributed by atoms with Crippen molar-refractivity contribution in [2.24, 2.45) is 10.7 Å². The summed E-state index contributed by atoms with van der Waals surface area (Å²) in [6.45, 7) is 1.87. The first-order valence-corrected chi connectivity index (χ1v) is 5.74. The fraction of sp³-hybridized carbons (Fsp3) is 0.462. The Hall–Kier alpha value is -1.39. The van der Waals surface area contributed by atoms with Crippen LogP contribution >= 0.6 is 0 Å². The summed E-state index contributed by atoms with van der Waals surface area (Å²) in [6.07, 6.45) is 0.870. The van der Waals surface area contributed by atoms with Gasteiger partial charge in [-0.2, -0.15) is 0 Å². The maximum Gasteiger partial charge on any atom is 0.125 e. The molecule has 4 nitrogen and oxygen atoms in total. The van der Waals surface area contributed by atoms with Crippen LogP contribution in [0.3, 0.4) is 0 Å². The number of nitrogens with zero attached hydrogens (tertiary/aromatic N) is 1. The average molecular weight is 234 g/mol. The van der Waals surface area contributed by atoms with E-state index < -0.39 is 0 Å². The van der Waals surface area contributed by atoms with E-state index in [0.29, 0.717) is 19.0 Å². The van der Waals surface area contributed by atoms with Crippen LogP contribution in [0.5, 0.6) is 0 Å². The monoisotopic (exact) mass is 234 g/mol. The van der Waals surface area contributed by atoms with Gasteiger partial charge in [0.05, 0.1) is 13.2 Å². The number of nitrogens with two attached hydrogens (primary N) is 1. The molecular weight excluding hydrogens is 216 g/mol. The quantitative estimate of drug-likeness (QED) is 0.629. The van der Waals surface area contributed by atoms with Gasteiger partial charge in [0.15, 0.2) is 0 Å². The van der Waals surface area contributed by atoms with E-state index in [-0.39, 0.29) is 5.60 Å². The minimum absolute atomic E-state index is 0.292. The SMILES string of the molecule is COC1(CN=C(N)c2ccccc2)CCOC1. The molecule has 2 N–H and O–H groups in total. The van der Waals surface area contributed by atoms with Gasteiger partial charge >= 0.3 is 0 Å². The average Bonchev–Trinajstić information content (AvgIpc) is 2.86. The second-order valence-corrected chi connectivity index (χ2v) is 4.26. The molecule has 17 heavy (non-hydrogen) atoms. The molecule has 2 rings (SSSR count). The zero-order chi connectivity index (χ0) is 12.1. The molecule has 1 heterocycles. The van der Waals surface area contributed by atoms with Gasteiger partial charge in [-0.25, -0.2) is 0 Å². The first kappa shape index (κ1) is 12.1. The van der Waals surface area contributed by atoms with Gasteiger partial charge in [0.2, 0.25) is 0 Å². The van der Waals surface area contributed by atoms with Gasteiger partial charge in [0.25, 0.3) is 0 Å². The third-order valence-electron chi connectivity index (χ3n) is 3.11. The number of rotatable bonds is 4. The molecule has 1 aliphatic rings. The Kier molecular flexibility index (Phi) is 3.76. The van der Waals surface area contributed by atoms with Gasteiger partial charge in [-0.3, -0.25) is 4.99 Å². The van der Waals surface area contributed by atoms with Crippen LogP contribution in [-0.2, 0) is 9.47 Å². The number of amidine groups is 1. The predicted octanol–water partition coefficient (Wildman–Crippen LogP) is 1.20. The van der Waals surface area contributed by atoms with Crippen molar-refractivity contribution >= 4 is 5.84 Å². The van der Waals surface area contributed by atoms with Gasteiger partial charge in [0, 0.05) is 25.7 Å². The largest absolute Gasteiger partial charge is 0.384 e.